The largest absolute Gasteiger partial charge is 0.497 e. The van der Waals surface area contributed by atoms with Gasteiger partial charge in [0.25, 0.3) is 0 Å². The van der Waals surface area contributed by atoms with E-state index >= 15 is 0 Å². The van der Waals surface area contributed by atoms with Crippen molar-refractivity contribution >= 4 is 17.7 Å². The van der Waals surface area contributed by atoms with Gasteiger partial charge in [0, 0.05) is 24.2 Å². The zero-order valence-electron chi connectivity index (χ0n) is 18.9. The first-order chi connectivity index (χ1) is 15.6. The summed E-state index contributed by atoms with van der Waals surface area (Å²) in [6.45, 7) is 4.30. The van der Waals surface area contributed by atoms with Crippen molar-refractivity contribution in [2.75, 3.05) is 12.9 Å². The van der Waals surface area contributed by atoms with Gasteiger partial charge in [0.2, 0.25) is 5.91 Å². The Kier molecular flexibility index (Phi) is 7.15. The number of hydrogen-bond acceptors (Lipinski definition) is 5. The summed E-state index contributed by atoms with van der Waals surface area (Å²) in [5, 5.41) is 9.68. The molecule has 2 aromatic carbocycles. The summed E-state index contributed by atoms with van der Waals surface area (Å²) in [6, 6.07) is 18.7. The number of nitrogens with zero attached hydrogens (tertiary/aromatic N) is 4. The number of benzene rings is 2. The Hall–Kier alpha value is -2.80. The van der Waals surface area contributed by atoms with Gasteiger partial charge in [-0.25, -0.2) is 0 Å². The van der Waals surface area contributed by atoms with Gasteiger partial charge in [-0.15, -0.1) is 10.2 Å². The van der Waals surface area contributed by atoms with Crippen LogP contribution in [0.15, 0.2) is 59.8 Å². The minimum Gasteiger partial charge on any atom is -0.497 e. The number of ether oxygens (including phenoxy) is 1. The van der Waals surface area contributed by atoms with Gasteiger partial charge in [0.1, 0.15) is 11.6 Å². The second-order valence-corrected chi connectivity index (χ2v) is 9.26. The molecule has 7 heteroatoms. The number of likely N-dealkylation sites (tertiary alicyclic amines) is 1. The smallest absolute Gasteiger partial charge is 0.233 e. The molecule has 2 heterocycles. The number of thioether (sulfide) groups is 1. The highest BCUT2D eigenvalue weighted by Gasteiger charge is 2.29. The van der Waals surface area contributed by atoms with Crippen LogP contribution in [-0.2, 0) is 11.2 Å². The molecular weight excluding hydrogens is 420 g/mol. The quantitative estimate of drug-likeness (QED) is 0.486. The molecule has 32 heavy (non-hydrogen) atoms. The molecule has 1 aromatic heterocycles. The number of carbonyl (C=O) groups is 1. The van der Waals surface area contributed by atoms with Crippen LogP contribution >= 0.6 is 11.8 Å². The van der Waals surface area contributed by atoms with Crippen LogP contribution in [-0.4, -0.2) is 50.5 Å². The molecule has 0 bridgehead atoms. The molecule has 1 amide bonds. The monoisotopic (exact) mass is 450 g/mol. The highest BCUT2D eigenvalue weighted by Crippen LogP contribution is 2.28. The summed E-state index contributed by atoms with van der Waals surface area (Å²) in [6.07, 6.45) is 4.00. The third kappa shape index (κ3) is 4.99. The van der Waals surface area contributed by atoms with Gasteiger partial charge >= 0.3 is 0 Å². The number of carbonyl (C=O) groups excluding carboxylic acids is 1. The fourth-order valence-corrected chi connectivity index (χ4v) is 5.23. The van der Waals surface area contributed by atoms with Crippen molar-refractivity contribution < 1.29 is 9.53 Å². The molecule has 0 unspecified atom stereocenters. The Morgan fingerprint density at radius 3 is 2.38 bits per heavy atom. The van der Waals surface area contributed by atoms with Crippen molar-refractivity contribution in [3.05, 3.63) is 66.0 Å². The van der Waals surface area contributed by atoms with Gasteiger partial charge in [0.05, 0.1) is 12.9 Å². The van der Waals surface area contributed by atoms with Crippen LogP contribution in [0.3, 0.4) is 0 Å². The molecule has 1 aliphatic heterocycles. The summed E-state index contributed by atoms with van der Waals surface area (Å²) >= 11 is 1.46. The number of aromatic nitrogens is 3. The van der Waals surface area contributed by atoms with E-state index in [9.17, 15) is 4.79 Å². The fraction of sp³-hybridized carbons (Fsp3) is 0.400. The van der Waals surface area contributed by atoms with E-state index in [2.05, 4.69) is 41.1 Å². The summed E-state index contributed by atoms with van der Waals surface area (Å²) in [7, 11) is 1.66. The van der Waals surface area contributed by atoms with Crippen LogP contribution in [0.5, 0.6) is 5.75 Å². The molecule has 4 rings (SSSR count). The lowest BCUT2D eigenvalue weighted by atomic mass is 9.98. The number of rotatable bonds is 7. The van der Waals surface area contributed by atoms with Gasteiger partial charge in [-0.1, -0.05) is 42.1 Å². The Bertz CT molecular complexity index is 1030. The molecule has 0 spiro atoms. The lowest BCUT2D eigenvalue weighted by Gasteiger charge is -2.39. The maximum atomic E-state index is 13.1. The number of methoxy groups -OCH3 is 1. The fourth-order valence-electron chi connectivity index (χ4n) is 4.39. The highest BCUT2D eigenvalue weighted by atomic mass is 32.2. The zero-order valence-corrected chi connectivity index (χ0v) is 19.7. The SMILES string of the molecule is COc1ccc(-n2c(Cc3ccccc3)nnc2SCC(=O)N2[C@H](C)CCC[C@@H]2C)cc1. The Labute approximate surface area is 194 Å². The molecule has 0 aliphatic carbocycles. The molecule has 6 nitrogen and oxygen atoms in total. The van der Waals surface area contributed by atoms with Crippen molar-refractivity contribution in [1.29, 1.82) is 0 Å². The maximum Gasteiger partial charge on any atom is 0.233 e. The van der Waals surface area contributed by atoms with Gasteiger partial charge < -0.3 is 9.64 Å². The average Bonchev–Trinajstić information content (AvgIpc) is 3.20. The Balaban J connectivity index is 1.58. The second-order valence-electron chi connectivity index (χ2n) is 8.31. The van der Waals surface area contributed by atoms with E-state index < -0.39 is 0 Å². The first-order valence-corrected chi connectivity index (χ1v) is 12.1. The maximum absolute atomic E-state index is 13.1. The molecule has 0 radical (unpaired) electrons. The minimum atomic E-state index is 0.170. The lowest BCUT2D eigenvalue weighted by molar-refractivity contribution is -0.134. The molecule has 2 atom stereocenters. The van der Waals surface area contributed by atoms with Crippen molar-refractivity contribution in [3.8, 4) is 11.4 Å². The van der Waals surface area contributed by atoms with Crippen molar-refractivity contribution in [1.82, 2.24) is 19.7 Å². The minimum absolute atomic E-state index is 0.170. The highest BCUT2D eigenvalue weighted by molar-refractivity contribution is 7.99. The molecule has 1 saturated heterocycles. The second kappa shape index (κ2) is 10.2. The summed E-state index contributed by atoms with van der Waals surface area (Å²) in [4.78, 5) is 15.1. The molecule has 168 valence electrons. The van der Waals surface area contributed by atoms with E-state index in [-0.39, 0.29) is 5.91 Å². The van der Waals surface area contributed by atoms with E-state index in [1.165, 1.54) is 23.7 Å². The summed E-state index contributed by atoms with van der Waals surface area (Å²) in [5.74, 6) is 2.16. The normalized spacial score (nSPS) is 18.5. The third-order valence-corrected chi connectivity index (χ3v) is 6.96. The molecule has 0 saturated carbocycles. The van der Waals surface area contributed by atoms with Gasteiger partial charge in [-0.05, 0) is 62.9 Å². The molecule has 1 aliphatic rings. The van der Waals surface area contributed by atoms with Crippen molar-refractivity contribution in [2.45, 2.75) is 56.8 Å². The molecule has 1 fully saturated rings. The van der Waals surface area contributed by atoms with Crippen LogP contribution in [0.1, 0.15) is 44.5 Å². The van der Waals surface area contributed by atoms with E-state index in [1.807, 2.05) is 47.0 Å². The molecule has 0 N–H and O–H groups in total. The van der Waals surface area contributed by atoms with Crippen LogP contribution in [0.25, 0.3) is 5.69 Å². The average molecular weight is 451 g/mol. The topological polar surface area (TPSA) is 60.2 Å². The predicted molar refractivity (Wildman–Crippen MR) is 128 cm³/mol. The summed E-state index contributed by atoms with van der Waals surface area (Å²) < 4.78 is 7.36. The third-order valence-electron chi connectivity index (χ3n) is 6.04. The zero-order chi connectivity index (χ0) is 22.5. The van der Waals surface area contributed by atoms with E-state index in [4.69, 9.17) is 4.74 Å². The van der Waals surface area contributed by atoms with Gasteiger partial charge in [-0.2, -0.15) is 0 Å². The van der Waals surface area contributed by atoms with E-state index in [1.54, 1.807) is 7.11 Å². The van der Waals surface area contributed by atoms with Gasteiger partial charge in [-0.3, -0.25) is 9.36 Å². The molecular formula is C25H30N4O2S. The van der Waals surface area contributed by atoms with Crippen LogP contribution in [0.2, 0.25) is 0 Å². The van der Waals surface area contributed by atoms with Crippen LogP contribution < -0.4 is 4.74 Å². The lowest BCUT2D eigenvalue weighted by Crippen LogP contribution is -2.48. The summed E-state index contributed by atoms with van der Waals surface area (Å²) in [5.41, 5.74) is 2.12. The first kappa shape index (κ1) is 22.4. The van der Waals surface area contributed by atoms with Crippen LogP contribution in [0, 0.1) is 0 Å². The Morgan fingerprint density at radius 2 is 1.72 bits per heavy atom. The Morgan fingerprint density at radius 1 is 1.03 bits per heavy atom. The number of amides is 1. The first-order valence-electron chi connectivity index (χ1n) is 11.1. The number of piperidine rings is 1. The van der Waals surface area contributed by atoms with E-state index in [0.717, 1.165) is 35.3 Å². The predicted octanol–water partition coefficient (Wildman–Crippen LogP) is 4.75. The standard InChI is InChI=1S/C25H30N4O2S/c1-18-8-7-9-19(2)28(18)24(30)17-32-25-27-26-23(16-20-10-5-4-6-11-20)29(25)21-12-14-22(31-3)15-13-21/h4-6,10-15,18-19H,7-9,16-17H2,1-3H3/t18-,19+. The van der Waals surface area contributed by atoms with Gasteiger partial charge in [0.15, 0.2) is 5.16 Å². The van der Waals surface area contributed by atoms with Crippen LogP contribution in [0.4, 0.5) is 0 Å². The van der Waals surface area contributed by atoms with Crippen molar-refractivity contribution in [2.24, 2.45) is 0 Å². The van der Waals surface area contributed by atoms with Crippen molar-refractivity contribution in [3.63, 3.8) is 0 Å². The van der Waals surface area contributed by atoms with E-state index in [0.29, 0.717) is 24.3 Å². The molecule has 3 aromatic rings. The number of hydrogen-bond donors (Lipinski definition) is 0.